The Morgan fingerprint density at radius 1 is 0.889 bits per heavy atom. The van der Waals surface area contributed by atoms with E-state index in [1.165, 1.54) is 6.07 Å². The summed E-state index contributed by atoms with van der Waals surface area (Å²) in [6, 6.07) is 22.0. The molecule has 3 rings (SSSR count). The number of hydrogen-bond acceptors (Lipinski definition) is 5. The molecule has 9 heteroatoms. The van der Waals surface area contributed by atoms with E-state index in [4.69, 9.17) is 15.0 Å². The van der Waals surface area contributed by atoms with Crippen LogP contribution in [0.1, 0.15) is 29.5 Å². The van der Waals surface area contributed by atoms with Crippen molar-refractivity contribution in [1.29, 1.82) is 0 Å². The highest BCUT2D eigenvalue weighted by molar-refractivity contribution is 7.17. The number of aryl methyl sites for hydroxylation is 2. The predicted molar refractivity (Wildman–Crippen MR) is 134 cm³/mol. The van der Waals surface area contributed by atoms with Gasteiger partial charge in [0.05, 0.1) is 24.3 Å². The Morgan fingerprint density at radius 2 is 1.61 bits per heavy atom. The zero-order chi connectivity index (χ0) is 26.0. The Balaban J connectivity index is 1.60. The Hall–Kier alpha value is -2.77. The molecule has 0 aromatic heterocycles. The van der Waals surface area contributed by atoms with Crippen LogP contribution >= 0.6 is 8.69 Å². The standard InChI is InChI=1S/C27H30F3NO4P/c28-27(29,30)24-17-21(13-14-26(31,18-32)19-35-36-33)11-12-25(24)34-15-5-7-20-6-4-10-23(16-20)22-8-2-1-3-9-22/h1-4,6,8-12,16-17,32,36H,5,7,13-15,18-19,31H2/q+1. The van der Waals surface area contributed by atoms with E-state index < -0.39 is 32.6 Å². The van der Waals surface area contributed by atoms with Crippen molar-refractivity contribution in [2.75, 3.05) is 19.8 Å². The van der Waals surface area contributed by atoms with Gasteiger partial charge in [-0.3, -0.25) is 0 Å². The van der Waals surface area contributed by atoms with E-state index in [1.807, 2.05) is 48.5 Å². The lowest BCUT2D eigenvalue weighted by Gasteiger charge is -2.24. The second kappa shape index (κ2) is 13.0. The molecular formula is C27H30F3NO4P+. The molecule has 0 spiro atoms. The lowest BCUT2D eigenvalue weighted by Crippen LogP contribution is -2.47. The minimum Gasteiger partial charge on any atom is -0.493 e. The summed E-state index contributed by atoms with van der Waals surface area (Å²) in [4.78, 5) is 0. The van der Waals surface area contributed by atoms with Gasteiger partial charge in [-0.1, -0.05) is 60.7 Å². The van der Waals surface area contributed by atoms with E-state index in [9.17, 15) is 22.8 Å². The molecule has 192 valence electrons. The van der Waals surface area contributed by atoms with Gasteiger partial charge in [0.1, 0.15) is 12.4 Å². The zero-order valence-electron chi connectivity index (χ0n) is 19.8. The van der Waals surface area contributed by atoms with Gasteiger partial charge in [-0.25, -0.2) is 0 Å². The van der Waals surface area contributed by atoms with Crippen LogP contribution in [0.25, 0.3) is 11.1 Å². The molecule has 2 atom stereocenters. The maximum atomic E-state index is 13.7. The Labute approximate surface area is 210 Å². The molecule has 0 heterocycles. The number of halogens is 3. The first-order valence-corrected chi connectivity index (χ1v) is 12.4. The maximum Gasteiger partial charge on any atom is 0.494 e. The maximum absolute atomic E-state index is 13.7. The third kappa shape index (κ3) is 8.14. The van der Waals surface area contributed by atoms with Crippen LogP contribution in [0, 0.1) is 0 Å². The summed E-state index contributed by atoms with van der Waals surface area (Å²) in [6.07, 6.45) is -3.01. The summed E-state index contributed by atoms with van der Waals surface area (Å²) in [5, 5.41) is 9.49. The first-order valence-electron chi connectivity index (χ1n) is 11.6. The van der Waals surface area contributed by atoms with Crippen molar-refractivity contribution >= 4 is 8.69 Å². The van der Waals surface area contributed by atoms with E-state index in [2.05, 4.69) is 6.07 Å². The molecule has 0 saturated carbocycles. The van der Waals surface area contributed by atoms with E-state index in [-0.39, 0.29) is 31.8 Å². The lowest BCUT2D eigenvalue weighted by atomic mass is 9.93. The number of ether oxygens (including phenoxy) is 1. The number of hydrogen-bond donors (Lipinski definition) is 2. The molecule has 5 nitrogen and oxygen atoms in total. The van der Waals surface area contributed by atoms with E-state index in [1.54, 1.807) is 6.07 Å². The topological polar surface area (TPSA) is 81.8 Å². The smallest absolute Gasteiger partial charge is 0.493 e. The molecule has 2 unspecified atom stereocenters. The second-order valence-electron chi connectivity index (χ2n) is 8.74. The fraction of sp³-hybridized carbons (Fsp3) is 0.333. The van der Waals surface area contributed by atoms with Gasteiger partial charge in [0.15, 0.2) is 0 Å². The van der Waals surface area contributed by atoms with Crippen LogP contribution in [0.5, 0.6) is 5.75 Å². The normalized spacial score (nSPS) is 13.5. The van der Waals surface area contributed by atoms with Gasteiger partial charge in [0.25, 0.3) is 0 Å². The van der Waals surface area contributed by atoms with Crippen LogP contribution in [0.4, 0.5) is 13.2 Å². The first-order chi connectivity index (χ1) is 17.2. The molecule has 0 amide bonds. The SMILES string of the molecule is NC(CO)(CCc1ccc(OCCCc2cccc(-c3ccccc3)c2)c(C(F)(F)F)c1)CO[PH+]=O. The minimum atomic E-state index is -4.58. The summed E-state index contributed by atoms with van der Waals surface area (Å²) >= 11 is 0. The van der Waals surface area contributed by atoms with Crippen LogP contribution < -0.4 is 10.5 Å². The lowest BCUT2D eigenvalue weighted by molar-refractivity contribution is -0.139. The van der Waals surface area contributed by atoms with E-state index in [0.717, 1.165) is 22.8 Å². The molecule has 3 N–H and O–H groups in total. The van der Waals surface area contributed by atoms with E-state index in [0.29, 0.717) is 18.4 Å². The van der Waals surface area contributed by atoms with Crippen molar-refractivity contribution in [2.45, 2.75) is 37.4 Å². The minimum absolute atomic E-state index is 0.141. The van der Waals surface area contributed by atoms with Gasteiger partial charge in [-0.15, -0.1) is 4.52 Å². The van der Waals surface area contributed by atoms with Crippen LogP contribution in [-0.4, -0.2) is 30.5 Å². The Morgan fingerprint density at radius 3 is 2.31 bits per heavy atom. The van der Waals surface area contributed by atoms with E-state index >= 15 is 0 Å². The van der Waals surface area contributed by atoms with Gasteiger partial charge in [-0.05, 0) is 64.6 Å². The van der Waals surface area contributed by atoms with Crippen LogP contribution in [-0.2, 0) is 28.1 Å². The average Bonchev–Trinajstić information content (AvgIpc) is 2.89. The van der Waals surface area contributed by atoms with Gasteiger partial charge < -0.3 is 15.6 Å². The zero-order valence-corrected chi connectivity index (χ0v) is 20.8. The largest absolute Gasteiger partial charge is 0.494 e. The molecule has 36 heavy (non-hydrogen) atoms. The van der Waals surface area contributed by atoms with Crippen molar-refractivity contribution in [3.05, 3.63) is 89.5 Å². The third-order valence-electron chi connectivity index (χ3n) is 5.90. The summed E-state index contributed by atoms with van der Waals surface area (Å²) in [6.45, 7) is -0.464. The van der Waals surface area contributed by atoms with Crippen molar-refractivity contribution in [3.63, 3.8) is 0 Å². The highest BCUT2D eigenvalue weighted by Crippen LogP contribution is 2.37. The summed E-state index contributed by atoms with van der Waals surface area (Å²) in [7, 11) is -1.03. The number of benzene rings is 3. The molecule has 0 saturated heterocycles. The predicted octanol–water partition coefficient (Wildman–Crippen LogP) is 5.96. The number of aliphatic hydroxyl groups excluding tert-OH is 1. The van der Waals surface area contributed by atoms with Crippen molar-refractivity contribution in [1.82, 2.24) is 0 Å². The molecule has 3 aromatic carbocycles. The molecule has 0 aliphatic carbocycles. The second-order valence-corrected chi connectivity index (χ2v) is 9.19. The quantitative estimate of drug-likeness (QED) is 0.215. The molecule has 0 aliphatic rings. The Bertz CT molecular complexity index is 1130. The van der Waals surface area contributed by atoms with Crippen molar-refractivity contribution in [3.8, 4) is 16.9 Å². The Kier molecular flexibility index (Phi) is 10.0. The number of rotatable bonds is 13. The van der Waals surface area contributed by atoms with Crippen LogP contribution in [0.2, 0.25) is 0 Å². The fourth-order valence-corrected chi connectivity index (χ4v) is 4.19. The summed E-state index contributed by atoms with van der Waals surface area (Å²) < 4.78 is 62.0. The highest BCUT2D eigenvalue weighted by Gasteiger charge is 2.35. The van der Waals surface area contributed by atoms with Crippen molar-refractivity contribution in [2.24, 2.45) is 5.73 Å². The van der Waals surface area contributed by atoms with Crippen LogP contribution in [0.3, 0.4) is 0 Å². The summed E-state index contributed by atoms with van der Waals surface area (Å²) in [5.41, 5.74) is 7.64. The molecule has 0 bridgehead atoms. The first kappa shape index (κ1) is 27.8. The molecule has 0 aliphatic heterocycles. The monoisotopic (exact) mass is 520 g/mol. The number of nitrogens with two attached hydrogens (primary N) is 1. The highest BCUT2D eigenvalue weighted by atomic mass is 31.1. The number of alkyl halides is 3. The molecule has 0 radical (unpaired) electrons. The molecule has 0 fully saturated rings. The van der Waals surface area contributed by atoms with Gasteiger partial charge >= 0.3 is 14.9 Å². The van der Waals surface area contributed by atoms with Crippen molar-refractivity contribution < 1.29 is 32.1 Å². The molecular weight excluding hydrogens is 490 g/mol. The van der Waals surface area contributed by atoms with Gasteiger partial charge in [-0.2, -0.15) is 13.2 Å². The van der Waals surface area contributed by atoms with Gasteiger partial charge in [0, 0.05) is 0 Å². The number of aliphatic hydroxyl groups is 1. The summed E-state index contributed by atoms with van der Waals surface area (Å²) in [5.74, 6) is -0.221. The fourth-order valence-electron chi connectivity index (χ4n) is 3.84. The molecule has 3 aromatic rings. The average molecular weight is 521 g/mol. The van der Waals surface area contributed by atoms with Crippen LogP contribution in [0.15, 0.2) is 72.8 Å². The van der Waals surface area contributed by atoms with Gasteiger partial charge in [0.2, 0.25) is 0 Å². The third-order valence-corrected chi connectivity index (χ3v) is 6.16.